The van der Waals surface area contributed by atoms with E-state index in [-0.39, 0.29) is 0 Å². The van der Waals surface area contributed by atoms with Gasteiger partial charge in [-0.25, -0.2) is 0 Å². The van der Waals surface area contributed by atoms with Gasteiger partial charge in [-0.15, -0.1) is 0 Å². The van der Waals surface area contributed by atoms with Gasteiger partial charge < -0.3 is 46.3 Å². The summed E-state index contributed by atoms with van der Waals surface area (Å²) in [7, 11) is -1.62. The molecule has 2 heterocycles. The topological polar surface area (TPSA) is 100 Å². The molecule has 6 aromatic carbocycles. The normalized spacial score (nSPS) is 15.8. The molecule has 11 heteroatoms. The Labute approximate surface area is 319 Å². The van der Waals surface area contributed by atoms with E-state index in [2.05, 4.69) is 60.7 Å². The van der Waals surface area contributed by atoms with Crippen molar-refractivity contribution in [1.82, 2.24) is 0 Å². The number of ether oxygens (including phenoxy) is 8. The van der Waals surface area contributed by atoms with Crippen LogP contribution in [0.4, 0.5) is 0 Å². The summed E-state index contributed by atoms with van der Waals surface area (Å²) in [5, 5.41) is 7.35. The fraction of sp³-hybridized carbons (Fsp3) is 0.273. The van der Waals surface area contributed by atoms with E-state index in [9.17, 15) is 0 Å². The van der Waals surface area contributed by atoms with Gasteiger partial charge in [0, 0.05) is 16.8 Å². The molecule has 0 amide bonds. The maximum Gasteiger partial charge on any atom is 0.252 e. The molecule has 8 rings (SSSR count). The summed E-state index contributed by atoms with van der Waals surface area (Å²) in [6.07, 6.45) is 0. The average molecular weight is 763 g/mol. The number of rotatable bonds is 1. The van der Waals surface area contributed by atoms with Crippen molar-refractivity contribution in [2.75, 3.05) is 79.3 Å². The lowest BCUT2D eigenvalue weighted by Gasteiger charge is -2.15. The van der Waals surface area contributed by atoms with Crippen LogP contribution in [0.1, 0.15) is 0 Å². The number of benzene rings is 6. The van der Waals surface area contributed by atoms with Crippen molar-refractivity contribution >= 4 is 51.5 Å². The molecule has 1 aliphatic heterocycles. The summed E-state index contributed by atoms with van der Waals surface area (Å²) < 4.78 is 60.9. The Hall–Kier alpha value is -5.22. The van der Waals surface area contributed by atoms with Crippen LogP contribution in [-0.2, 0) is 18.9 Å². The fourth-order valence-electron chi connectivity index (χ4n) is 6.49. The predicted molar refractivity (Wildman–Crippen MR) is 214 cm³/mol. The molecule has 0 bridgehead atoms. The van der Waals surface area contributed by atoms with Crippen molar-refractivity contribution in [2.24, 2.45) is 0 Å². The van der Waals surface area contributed by atoms with Crippen LogP contribution < -0.4 is 18.9 Å². The van der Waals surface area contributed by atoms with Gasteiger partial charge in [0.05, 0.1) is 58.2 Å². The Balaban J connectivity index is 1.04. The summed E-state index contributed by atoms with van der Waals surface area (Å²) in [4.78, 5) is 0. The highest BCUT2D eigenvalue weighted by molar-refractivity contribution is 7.45. The summed E-state index contributed by atoms with van der Waals surface area (Å²) in [5.41, 5.74) is 1.53. The van der Waals surface area contributed by atoms with Gasteiger partial charge in [-0.1, -0.05) is 72.8 Å². The molecule has 7 aromatic rings. The Morgan fingerprint density at radius 2 is 0.745 bits per heavy atom. The second-order valence-corrected chi connectivity index (χ2v) is 14.1. The third kappa shape index (κ3) is 9.02. The number of hydrogen-bond acceptors (Lipinski definition) is 10. The smallest absolute Gasteiger partial charge is 0.252 e. The molecule has 0 radical (unpaired) electrons. The minimum absolute atomic E-state index is 0.302. The van der Waals surface area contributed by atoms with Crippen LogP contribution in [-0.4, -0.2) is 79.3 Å². The SMILES string of the molecule is c1ccc2c(c1)OCCOCCOCCOc1ccc(-p3oc4ccc5ccccc5c4c4c(ccc5ccccc54)o3)cc1OCCOCCOCCO2. The van der Waals surface area contributed by atoms with Gasteiger partial charge in [0.15, 0.2) is 23.0 Å². The summed E-state index contributed by atoms with van der Waals surface area (Å²) in [6, 6.07) is 38.4. The Bertz CT molecular complexity index is 2290. The lowest BCUT2D eigenvalue weighted by Crippen LogP contribution is -2.15. The Morgan fingerprint density at radius 1 is 0.345 bits per heavy atom. The monoisotopic (exact) mass is 762 g/mol. The molecule has 0 N–H and O–H groups in total. The maximum absolute atomic E-state index is 6.82. The molecule has 0 saturated carbocycles. The van der Waals surface area contributed by atoms with Crippen LogP contribution in [0.5, 0.6) is 23.0 Å². The van der Waals surface area contributed by atoms with Crippen molar-refractivity contribution in [2.45, 2.75) is 0 Å². The second kappa shape index (κ2) is 18.4. The van der Waals surface area contributed by atoms with E-state index in [0.29, 0.717) is 102 Å². The Morgan fingerprint density at radius 3 is 1.24 bits per heavy atom. The zero-order chi connectivity index (χ0) is 37.1. The summed E-state index contributed by atoms with van der Waals surface area (Å²) >= 11 is 0. The highest BCUT2D eigenvalue weighted by Crippen LogP contribution is 2.47. The van der Waals surface area contributed by atoms with E-state index in [1.165, 1.54) is 0 Å². The molecule has 1 aromatic heterocycles. The molecule has 55 heavy (non-hydrogen) atoms. The van der Waals surface area contributed by atoms with Crippen molar-refractivity contribution < 1.29 is 46.3 Å². The maximum atomic E-state index is 6.82. The first-order valence-electron chi connectivity index (χ1n) is 18.6. The van der Waals surface area contributed by atoms with Crippen molar-refractivity contribution in [3.8, 4) is 28.3 Å². The van der Waals surface area contributed by atoms with Crippen molar-refractivity contribution in [1.29, 1.82) is 0 Å². The van der Waals surface area contributed by atoms with Crippen molar-refractivity contribution in [3.63, 3.8) is 0 Å². The Kier molecular flexibility index (Phi) is 12.3. The van der Waals surface area contributed by atoms with Gasteiger partial charge in [0.25, 0.3) is 8.01 Å². The molecular formula is C44H43O10P. The van der Waals surface area contributed by atoms with Gasteiger partial charge in [-0.3, -0.25) is 0 Å². The van der Waals surface area contributed by atoms with Crippen LogP contribution in [0.15, 0.2) is 124 Å². The van der Waals surface area contributed by atoms with E-state index < -0.39 is 8.01 Å². The molecule has 1 aliphatic rings. The van der Waals surface area contributed by atoms with Crippen LogP contribution in [0, 0.1) is 0 Å². The quantitative estimate of drug-likeness (QED) is 0.161. The van der Waals surface area contributed by atoms with Crippen LogP contribution in [0.3, 0.4) is 0 Å². The third-order valence-electron chi connectivity index (χ3n) is 9.07. The zero-order valence-corrected chi connectivity index (χ0v) is 31.4. The van der Waals surface area contributed by atoms with E-state index in [4.69, 9.17) is 46.3 Å². The zero-order valence-electron chi connectivity index (χ0n) is 30.5. The first-order valence-corrected chi connectivity index (χ1v) is 19.7. The van der Waals surface area contributed by atoms with Gasteiger partial charge in [-0.2, -0.15) is 0 Å². The number of hydrogen-bond donors (Lipinski definition) is 0. The molecule has 0 atom stereocenters. The summed E-state index contributed by atoms with van der Waals surface area (Å²) in [5.74, 6) is 2.47. The van der Waals surface area contributed by atoms with E-state index in [1.807, 2.05) is 54.6 Å². The minimum atomic E-state index is -1.62. The van der Waals surface area contributed by atoms with Gasteiger partial charge in [-0.05, 0) is 57.9 Å². The molecule has 284 valence electrons. The standard InChI is InChI=1S/C44H43O10P/c1-3-9-35-32(7-1)13-16-40-43(35)44-36-10-4-2-8-33(36)14-17-41(44)54-55(53-40)34-15-18-39-42(31-34)52-30-26-48-22-21-46-24-28-50-38-12-6-5-11-37(38)49-27-23-45-19-20-47-25-29-51-39/h1-18,31H,19-30H2. The molecular weight excluding hydrogens is 719 g/mol. The van der Waals surface area contributed by atoms with Crippen LogP contribution in [0.25, 0.3) is 48.8 Å². The van der Waals surface area contributed by atoms with Crippen LogP contribution in [0.2, 0.25) is 0 Å². The van der Waals surface area contributed by atoms with Crippen molar-refractivity contribution in [3.05, 3.63) is 115 Å². The predicted octanol–water partition coefficient (Wildman–Crippen LogP) is 9.88. The molecule has 10 nitrogen and oxygen atoms in total. The van der Waals surface area contributed by atoms with Gasteiger partial charge in [0.1, 0.15) is 37.6 Å². The first-order chi connectivity index (χ1) is 27.3. The second-order valence-electron chi connectivity index (χ2n) is 12.7. The van der Waals surface area contributed by atoms with Crippen LogP contribution >= 0.6 is 8.01 Å². The van der Waals surface area contributed by atoms with Gasteiger partial charge >= 0.3 is 0 Å². The third-order valence-corrected chi connectivity index (χ3v) is 10.5. The molecule has 0 saturated heterocycles. The fourth-order valence-corrected chi connectivity index (χ4v) is 7.82. The largest absolute Gasteiger partial charge is 0.487 e. The number of fused-ring (bicyclic) bond motifs is 9. The molecule has 0 unspecified atom stereocenters. The van der Waals surface area contributed by atoms with E-state index in [0.717, 1.165) is 48.8 Å². The molecule has 0 aliphatic carbocycles. The van der Waals surface area contributed by atoms with E-state index in [1.54, 1.807) is 0 Å². The molecule has 0 fully saturated rings. The molecule has 0 spiro atoms. The lowest BCUT2D eigenvalue weighted by atomic mass is 9.99. The summed E-state index contributed by atoms with van der Waals surface area (Å²) in [6.45, 7) is 4.68. The average Bonchev–Trinajstić information content (AvgIpc) is 3.40. The number of para-hydroxylation sites is 2. The van der Waals surface area contributed by atoms with E-state index >= 15 is 0 Å². The first kappa shape index (κ1) is 36.7. The minimum Gasteiger partial charge on any atom is -0.487 e. The lowest BCUT2D eigenvalue weighted by molar-refractivity contribution is 0.0223. The van der Waals surface area contributed by atoms with Gasteiger partial charge in [0.2, 0.25) is 0 Å². The highest BCUT2D eigenvalue weighted by atomic mass is 31.1. The highest BCUT2D eigenvalue weighted by Gasteiger charge is 2.16.